The Morgan fingerprint density at radius 2 is 2.42 bits per heavy atom. The Morgan fingerprint density at radius 3 is 3.00 bits per heavy atom. The molecule has 0 aromatic carbocycles. The molecule has 0 saturated carbocycles. The lowest BCUT2D eigenvalue weighted by Crippen LogP contribution is -1.98. The van der Waals surface area contributed by atoms with Crippen molar-refractivity contribution in [1.82, 2.24) is 4.98 Å². The van der Waals surface area contributed by atoms with Gasteiger partial charge < -0.3 is 10.5 Å². The number of aromatic nitrogens is 1. The molecule has 0 atom stereocenters. The molecule has 12 heavy (non-hydrogen) atoms. The van der Waals surface area contributed by atoms with Crippen LogP contribution in [0.15, 0.2) is 18.5 Å². The number of aryl methyl sites for hydroxylation is 1. The summed E-state index contributed by atoms with van der Waals surface area (Å²) in [4.78, 5) is 14.6. The first-order chi connectivity index (χ1) is 5.70. The molecule has 3 nitrogen and oxygen atoms in total. The molecule has 3 heteroatoms. The molecule has 0 fully saturated rings. The average Bonchev–Trinajstić information content (AvgIpc) is 2.03. The zero-order chi connectivity index (χ0) is 8.97. The number of nitrogens with two attached hydrogens (primary N) is 1. The number of hydrogen-bond donors (Lipinski definition) is 1. The van der Waals surface area contributed by atoms with Crippen molar-refractivity contribution in [2.45, 2.75) is 19.8 Å². The van der Waals surface area contributed by atoms with Crippen LogP contribution in [-0.2, 0) is 11.2 Å². The summed E-state index contributed by atoms with van der Waals surface area (Å²) < 4.78 is 0. The highest BCUT2D eigenvalue weighted by atomic mass is 16.1. The number of carbonyl (C=O) groups is 1. The van der Waals surface area contributed by atoms with E-state index in [0.717, 1.165) is 5.56 Å². The van der Waals surface area contributed by atoms with Gasteiger partial charge in [0, 0.05) is 24.5 Å². The summed E-state index contributed by atoms with van der Waals surface area (Å²) in [6.45, 7) is 1.58. The van der Waals surface area contributed by atoms with Gasteiger partial charge in [-0.3, -0.25) is 4.98 Å². The van der Waals surface area contributed by atoms with E-state index < -0.39 is 0 Å². The third kappa shape index (κ3) is 2.34. The highest BCUT2D eigenvalue weighted by Gasteiger charge is 1.99. The van der Waals surface area contributed by atoms with Gasteiger partial charge >= 0.3 is 0 Å². The molecule has 0 aliphatic heterocycles. The van der Waals surface area contributed by atoms with Gasteiger partial charge in [0.05, 0.1) is 0 Å². The van der Waals surface area contributed by atoms with E-state index in [-0.39, 0.29) is 5.78 Å². The molecule has 0 aliphatic rings. The van der Waals surface area contributed by atoms with Crippen LogP contribution in [-0.4, -0.2) is 10.8 Å². The van der Waals surface area contributed by atoms with Gasteiger partial charge in [-0.25, -0.2) is 0 Å². The lowest BCUT2D eigenvalue weighted by atomic mass is 10.1. The molecule has 0 aliphatic carbocycles. The van der Waals surface area contributed by atoms with Crippen molar-refractivity contribution in [3.05, 3.63) is 24.0 Å². The number of pyridine rings is 1. The molecule has 64 valence electrons. The monoisotopic (exact) mass is 164 g/mol. The predicted octanol–water partition coefficient (Wildman–Crippen LogP) is 1.19. The van der Waals surface area contributed by atoms with E-state index in [1.54, 1.807) is 25.4 Å². The van der Waals surface area contributed by atoms with Crippen molar-refractivity contribution in [1.29, 1.82) is 0 Å². The van der Waals surface area contributed by atoms with Gasteiger partial charge in [0.25, 0.3) is 0 Å². The fourth-order valence-electron chi connectivity index (χ4n) is 0.958. The molecule has 2 N–H and O–H groups in total. The molecule has 0 amide bonds. The largest absolute Gasteiger partial charge is 0.398 e. The molecule has 1 aromatic heterocycles. The van der Waals surface area contributed by atoms with E-state index in [1.807, 2.05) is 0 Å². The third-order valence-corrected chi connectivity index (χ3v) is 1.69. The minimum atomic E-state index is 0.179. The molecule has 1 aromatic rings. The molecular weight excluding hydrogens is 152 g/mol. The van der Waals surface area contributed by atoms with Crippen molar-refractivity contribution in [2.75, 3.05) is 5.73 Å². The van der Waals surface area contributed by atoms with Gasteiger partial charge in [-0.1, -0.05) is 0 Å². The average molecular weight is 164 g/mol. The predicted molar refractivity (Wildman–Crippen MR) is 47.7 cm³/mol. The van der Waals surface area contributed by atoms with Crippen LogP contribution in [0.4, 0.5) is 5.69 Å². The fourth-order valence-corrected chi connectivity index (χ4v) is 0.958. The van der Waals surface area contributed by atoms with Crippen LogP contribution in [0, 0.1) is 0 Å². The number of nitrogens with zero attached hydrogens (tertiary/aromatic N) is 1. The lowest BCUT2D eigenvalue weighted by molar-refractivity contribution is -0.116. The zero-order valence-corrected chi connectivity index (χ0v) is 7.08. The summed E-state index contributed by atoms with van der Waals surface area (Å²) in [5, 5.41) is 0. The van der Waals surface area contributed by atoms with E-state index in [4.69, 9.17) is 5.73 Å². The highest BCUT2D eigenvalue weighted by Crippen LogP contribution is 2.10. The second-order valence-corrected chi connectivity index (χ2v) is 2.78. The molecular formula is C9H12N2O. The second kappa shape index (κ2) is 3.85. The minimum Gasteiger partial charge on any atom is -0.398 e. The Bertz CT molecular complexity index is 284. The topological polar surface area (TPSA) is 56.0 Å². The second-order valence-electron chi connectivity index (χ2n) is 2.78. The van der Waals surface area contributed by atoms with Crippen molar-refractivity contribution < 1.29 is 4.79 Å². The number of anilines is 1. The fraction of sp³-hybridized carbons (Fsp3) is 0.333. The van der Waals surface area contributed by atoms with Crippen LogP contribution in [0.3, 0.4) is 0 Å². The Hall–Kier alpha value is -1.38. The molecule has 0 bridgehead atoms. The van der Waals surface area contributed by atoms with E-state index >= 15 is 0 Å². The Kier molecular flexibility index (Phi) is 2.80. The van der Waals surface area contributed by atoms with E-state index in [0.29, 0.717) is 18.5 Å². The van der Waals surface area contributed by atoms with Crippen molar-refractivity contribution in [3.63, 3.8) is 0 Å². The standard InChI is InChI=1S/C9H12N2O/c1-7(12)2-3-8-6-11-5-4-9(8)10/h4-6H,2-3H2,1H3,(H2,10,11). The molecule has 1 heterocycles. The number of rotatable bonds is 3. The quantitative estimate of drug-likeness (QED) is 0.730. The maximum absolute atomic E-state index is 10.7. The minimum absolute atomic E-state index is 0.179. The highest BCUT2D eigenvalue weighted by molar-refractivity contribution is 5.75. The number of carbonyl (C=O) groups excluding carboxylic acids is 1. The number of nitrogen functional groups attached to an aromatic ring is 1. The molecule has 0 radical (unpaired) electrons. The SMILES string of the molecule is CC(=O)CCc1cnccc1N. The Labute approximate surface area is 71.6 Å². The first-order valence-corrected chi connectivity index (χ1v) is 3.88. The smallest absolute Gasteiger partial charge is 0.130 e. The van der Waals surface area contributed by atoms with Crippen molar-refractivity contribution in [3.8, 4) is 0 Å². The molecule has 0 spiro atoms. The first-order valence-electron chi connectivity index (χ1n) is 3.88. The third-order valence-electron chi connectivity index (χ3n) is 1.69. The summed E-state index contributed by atoms with van der Waals surface area (Å²) in [6, 6.07) is 1.75. The lowest BCUT2D eigenvalue weighted by Gasteiger charge is -2.01. The zero-order valence-electron chi connectivity index (χ0n) is 7.08. The van der Waals surface area contributed by atoms with Crippen LogP contribution < -0.4 is 5.73 Å². The Morgan fingerprint density at radius 1 is 1.67 bits per heavy atom. The molecule has 0 saturated heterocycles. The molecule has 0 unspecified atom stereocenters. The van der Waals surface area contributed by atoms with Crippen LogP contribution in [0.1, 0.15) is 18.9 Å². The van der Waals surface area contributed by atoms with Crippen LogP contribution in [0.2, 0.25) is 0 Å². The summed E-state index contributed by atoms with van der Waals surface area (Å²) in [6.07, 6.45) is 4.58. The summed E-state index contributed by atoms with van der Waals surface area (Å²) in [5.41, 5.74) is 7.32. The van der Waals surface area contributed by atoms with Crippen molar-refractivity contribution in [2.24, 2.45) is 0 Å². The van der Waals surface area contributed by atoms with Crippen LogP contribution in [0.5, 0.6) is 0 Å². The normalized spacial score (nSPS) is 9.75. The van der Waals surface area contributed by atoms with Crippen LogP contribution in [0.25, 0.3) is 0 Å². The van der Waals surface area contributed by atoms with Gasteiger partial charge in [-0.15, -0.1) is 0 Å². The van der Waals surface area contributed by atoms with Gasteiger partial charge in [-0.05, 0) is 25.0 Å². The maximum atomic E-state index is 10.7. The van der Waals surface area contributed by atoms with E-state index in [2.05, 4.69) is 4.98 Å². The first kappa shape index (κ1) is 8.71. The summed E-state index contributed by atoms with van der Waals surface area (Å²) in [7, 11) is 0. The number of Topliss-reactive ketones (excluding diaryl/α,β-unsaturated/α-hetero) is 1. The summed E-state index contributed by atoms with van der Waals surface area (Å²) in [5.74, 6) is 0.179. The summed E-state index contributed by atoms with van der Waals surface area (Å²) >= 11 is 0. The number of ketones is 1. The number of hydrogen-bond acceptors (Lipinski definition) is 3. The molecule has 1 rings (SSSR count). The van der Waals surface area contributed by atoms with Crippen LogP contribution >= 0.6 is 0 Å². The Balaban J connectivity index is 2.63. The van der Waals surface area contributed by atoms with Gasteiger partial charge in [-0.2, -0.15) is 0 Å². The maximum Gasteiger partial charge on any atom is 0.130 e. The van der Waals surface area contributed by atoms with Gasteiger partial charge in [0.15, 0.2) is 0 Å². The van der Waals surface area contributed by atoms with Gasteiger partial charge in [0.2, 0.25) is 0 Å². The van der Waals surface area contributed by atoms with Crippen molar-refractivity contribution >= 4 is 11.5 Å². The van der Waals surface area contributed by atoms with E-state index in [9.17, 15) is 4.79 Å². The van der Waals surface area contributed by atoms with E-state index in [1.165, 1.54) is 0 Å². The van der Waals surface area contributed by atoms with Gasteiger partial charge in [0.1, 0.15) is 5.78 Å².